The molecule has 1 heterocycles. The molecule has 0 spiro atoms. The zero-order valence-electron chi connectivity index (χ0n) is 20.1. The Morgan fingerprint density at radius 3 is 2.36 bits per heavy atom. The van der Waals surface area contributed by atoms with Gasteiger partial charge in [-0.15, -0.1) is 10.2 Å². The van der Waals surface area contributed by atoms with Crippen molar-refractivity contribution < 1.29 is 17.9 Å². The average molecular weight is 523 g/mol. The van der Waals surface area contributed by atoms with Crippen molar-refractivity contribution in [3.8, 4) is 16.3 Å². The fraction of sp³-hybridized carbons (Fsp3) is 0.192. The highest BCUT2D eigenvalue weighted by Crippen LogP contribution is 2.31. The average Bonchev–Trinajstić information content (AvgIpc) is 3.32. The van der Waals surface area contributed by atoms with Gasteiger partial charge in [-0.3, -0.25) is 14.4 Å². The molecule has 4 rings (SSSR count). The highest BCUT2D eigenvalue weighted by atomic mass is 32.2. The first-order valence-corrected chi connectivity index (χ1v) is 13.9. The van der Waals surface area contributed by atoms with Gasteiger partial charge in [-0.05, 0) is 43.7 Å². The normalized spacial score (nSPS) is 11.2. The van der Waals surface area contributed by atoms with Crippen LogP contribution in [0.4, 0.5) is 10.8 Å². The number of hydrogen-bond acceptors (Lipinski definition) is 7. The molecule has 36 heavy (non-hydrogen) atoms. The number of aryl methyl sites for hydroxylation is 1. The Bertz CT molecular complexity index is 1450. The van der Waals surface area contributed by atoms with E-state index in [0.29, 0.717) is 33.7 Å². The maximum Gasteiger partial charge on any atom is 0.257 e. The van der Waals surface area contributed by atoms with Crippen LogP contribution < -0.4 is 14.4 Å². The van der Waals surface area contributed by atoms with Crippen LogP contribution >= 0.6 is 11.3 Å². The fourth-order valence-corrected chi connectivity index (χ4v) is 5.14. The van der Waals surface area contributed by atoms with Crippen LogP contribution in [0.2, 0.25) is 0 Å². The first-order valence-electron chi connectivity index (χ1n) is 11.2. The van der Waals surface area contributed by atoms with Gasteiger partial charge in [0.05, 0.1) is 25.1 Å². The summed E-state index contributed by atoms with van der Waals surface area (Å²) in [5.41, 5.74) is 3.69. The lowest BCUT2D eigenvalue weighted by Gasteiger charge is -2.24. The molecule has 1 N–H and O–H groups in total. The number of hydrogen-bond donors (Lipinski definition) is 1. The molecule has 0 aliphatic rings. The van der Waals surface area contributed by atoms with Crippen molar-refractivity contribution >= 4 is 38.1 Å². The second-order valence-corrected chi connectivity index (χ2v) is 11.0. The summed E-state index contributed by atoms with van der Waals surface area (Å²) < 4.78 is 32.1. The van der Waals surface area contributed by atoms with Crippen LogP contribution in [0.1, 0.15) is 28.4 Å². The van der Waals surface area contributed by atoms with Crippen molar-refractivity contribution in [2.75, 3.05) is 22.5 Å². The molecule has 1 amide bonds. The van der Waals surface area contributed by atoms with E-state index in [1.807, 2.05) is 38.1 Å². The summed E-state index contributed by atoms with van der Waals surface area (Å²) in [5.74, 6) is 0.165. The van der Waals surface area contributed by atoms with Crippen molar-refractivity contribution in [3.63, 3.8) is 0 Å². The van der Waals surface area contributed by atoms with Crippen LogP contribution in [-0.4, -0.2) is 37.4 Å². The Kier molecular flexibility index (Phi) is 7.66. The lowest BCUT2D eigenvalue weighted by atomic mass is 10.1. The number of amides is 1. The van der Waals surface area contributed by atoms with Crippen molar-refractivity contribution in [2.45, 2.75) is 20.4 Å². The molecule has 0 aliphatic carbocycles. The summed E-state index contributed by atoms with van der Waals surface area (Å²) >= 11 is 1.29. The third kappa shape index (κ3) is 6.07. The molecule has 1 aromatic heterocycles. The molecular weight excluding hydrogens is 496 g/mol. The van der Waals surface area contributed by atoms with Crippen molar-refractivity contribution in [3.05, 3.63) is 89.5 Å². The number of nitrogens with one attached hydrogen (secondary N) is 1. The van der Waals surface area contributed by atoms with Gasteiger partial charge in [0.2, 0.25) is 15.2 Å². The molecule has 0 bridgehead atoms. The zero-order valence-corrected chi connectivity index (χ0v) is 21.8. The van der Waals surface area contributed by atoms with Crippen LogP contribution in [-0.2, 0) is 16.6 Å². The van der Waals surface area contributed by atoms with Gasteiger partial charge in [0.25, 0.3) is 5.91 Å². The van der Waals surface area contributed by atoms with Gasteiger partial charge in [-0.1, -0.05) is 65.4 Å². The molecule has 0 saturated heterocycles. The summed E-state index contributed by atoms with van der Waals surface area (Å²) in [6.45, 7) is 4.37. The third-order valence-corrected chi connectivity index (χ3v) is 7.33. The molecule has 0 unspecified atom stereocenters. The lowest BCUT2D eigenvalue weighted by Crippen LogP contribution is -2.29. The van der Waals surface area contributed by atoms with Gasteiger partial charge >= 0.3 is 0 Å². The Balaban J connectivity index is 1.47. The fourth-order valence-electron chi connectivity index (χ4n) is 3.51. The Hall–Kier alpha value is -3.76. The lowest BCUT2D eigenvalue weighted by molar-refractivity contribution is 0.102. The van der Waals surface area contributed by atoms with E-state index in [-0.39, 0.29) is 12.5 Å². The van der Waals surface area contributed by atoms with Crippen molar-refractivity contribution in [1.29, 1.82) is 0 Å². The van der Waals surface area contributed by atoms with Crippen LogP contribution in [0.3, 0.4) is 0 Å². The quantitative estimate of drug-likeness (QED) is 0.327. The number of carbonyl (C=O) groups excluding carboxylic acids is 1. The minimum absolute atomic E-state index is 0.0983. The first-order chi connectivity index (χ1) is 17.2. The van der Waals surface area contributed by atoms with Gasteiger partial charge in [0, 0.05) is 11.1 Å². The Morgan fingerprint density at radius 2 is 1.69 bits per heavy atom. The number of aromatic nitrogens is 2. The molecule has 10 heteroatoms. The smallest absolute Gasteiger partial charge is 0.257 e. The summed E-state index contributed by atoms with van der Waals surface area (Å²) in [6.07, 6.45) is 1.16. The third-order valence-electron chi connectivity index (χ3n) is 5.32. The topological polar surface area (TPSA) is 101 Å². The van der Waals surface area contributed by atoms with Gasteiger partial charge < -0.3 is 4.74 Å². The minimum atomic E-state index is -3.59. The minimum Gasteiger partial charge on any atom is -0.492 e. The molecule has 3 aromatic carbocycles. The largest absolute Gasteiger partial charge is 0.492 e. The second-order valence-electron chi connectivity index (χ2n) is 8.10. The number of rotatable bonds is 9. The SMILES string of the molecule is CCOc1ccccc1N(Cc1ccc(C(=O)Nc2nnc(-c3ccc(C)cc3)s2)cc1)S(C)(=O)=O. The summed E-state index contributed by atoms with van der Waals surface area (Å²) in [4.78, 5) is 12.7. The molecule has 0 radical (unpaired) electrons. The number of para-hydroxylation sites is 2. The number of sulfonamides is 1. The van der Waals surface area contributed by atoms with Gasteiger partial charge in [-0.2, -0.15) is 0 Å². The van der Waals surface area contributed by atoms with Crippen molar-refractivity contribution in [1.82, 2.24) is 10.2 Å². The van der Waals surface area contributed by atoms with Crippen LogP contribution in [0.25, 0.3) is 10.6 Å². The van der Waals surface area contributed by atoms with E-state index in [9.17, 15) is 13.2 Å². The van der Waals surface area contributed by atoms with Crippen LogP contribution in [0.15, 0.2) is 72.8 Å². The van der Waals surface area contributed by atoms with E-state index < -0.39 is 10.0 Å². The summed E-state index contributed by atoms with van der Waals surface area (Å²) in [5, 5.41) is 12.1. The number of anilines is 2. The van der Waals surface area contributed by atoms with E-state index in [2.05, 4.69) is 15.5 Å². The number of carbonyl (C=O) groups is 1. The monoisotopic (exact) mass is 522 g/mol. The van der Waals surface area contributed by atoms with E-state index in [1.54, 1.807) is 48.5 Å². The van der Waals surface area contributed by atoms with E-state index >= 15 is 0 Å². The molecule has 0 fully saturated rings. The first kappa shape index (κ1) is 25.3. The Labute approximate surface area is 214 Å². The van der Waals surface area contributed by atoms with Crippen molar-refractivity contribution in [2.24, 2.45) is 0 Å². The number of nitrogens with zero attached hydrogens (tertiary/aromatic N) is 3. The standard InChI is InChI=1S/C26H26N4O4S2/c1-4-34-23-8-6-5-7-22(23)30(36(3,32)33)17-19-11-15-20(16-12-19)24(31)27-26-29-28-25(35-26)21-13-9-18(2)10-14-21/h5-16H,4,17H2,1-3H3,(H,27,29,31). The van der Waals surface area contributed by atoms with Crippen LogP contribution in [0, 0.1) is 6.92 Å². The number of ether oxygens (including phenoxy) is 1. The van der Waals surface area contributed by atoms with Gasteiger partial charge in [0.15, 0.2) is 0 Å². The predicted molar refractivity (Wildman–Crippen MR) is 143 cm³/mol. The maximum atomic E-state index is 12.7. The molecule has 8 nitrogen and oxygen atoms in total. The summed E-state index contributed by atoms with van der Waals surface area (Å²) in [7, 11) is -3.59. The van der Waals surface area contributed by atoms with Crippen LogP contribution in [0.5, 0.6) is 5.75 Å². The molecule has 0 aliphatic heterocycles. The molecular formula is C26H26N4O4S2. The molecule has 186 valence electrons. The van der Waals surface area contributed by atoms with E-state index in [4.69, 9.17) is 4.74 Å². The molecule has 0 saturated carbocycles. The van der Waals surface area contributed by atoms with Gasteiger partial charge in [0.1, 0.15) is 10.8 Å². The highest BCUT2D eigenvalue weighted by molar-refractivity contribution is 7.92. The summed E-state index contributed by atoms with van der Waals surface area (Å²) in [6, 6.07) is 21.7. The Morgan fingerprint density at radius 1 is 1.00 bits per heavy atom. The van der Waals surface area contributed by atoms with E-state index in [1.165, 1.54) is 15.6 Å². The predicted octanol–water partition coefficient (Wildman–Crippen LogP) is 5.13. The van der Waals surface area contributed by atoms with Gasteiger partial charge in [-0.25, -0.2) is 8.42 Å². The zero-order chi connectivity index (χ0) is 25.7. The maximum absolute atomic E-state index is 12.7. The number of benzene rings is 3. The van der Waals surface area contributed by atoms with E-state index in [0.717, 1.165) is 22.9 Å². The second kappa shape index (κ2) is 10.9. The highest BCUT2D eigenvalue weighted by Gasteiger charge is 2.21. The molecule has 0 atom stereocenters. The molecule has 4 aromatic rings.